The lowest BCUT2D eigenvalue weighted by molar-refractivity contribution is 0.501. The fourth-order valence-corrected chi connectivity index (χ4v) is 1.61. The van der Waals surface area contributed by atoms with Crippen molar-refractivity contribution in [1.29, 1.82) is 0 Å². The second-order valence-electron chi connectivity index (χ2n) is 3.84. The Balaban J connectivity index is 3.70. The molecule has 4 nitrogen and oxygen atoms in total. The van der Waals surface area contributed by atoms with Gasteiger partial charge in [0.15, 0.2) is 0 Å². The van der Waals surface area contributed by atoms with Crippen molar-refractivity contribution in [2.75, 3.05) is 6.54 Å². The van der Waals surface area contributed by atoms with E-state index in [1.54, 1.807) is 6.08 Å². The average molecular weight is 224 g/mol. The number of nitrogens with zero attached hydrogens (tertiary/aromatic N) is 2. The SMILES string of the molecule is CCCCCCC(CCCN=C=O)N=C=O. The predicted molar refractivity (Wildman–Crippen MR) is 62.9 cm³/mol. The third-order valence-electron chi connectivity index (χ3n) is 2.50. The summed E-state index contributed by atoms with van der Waals surface area (Å²) in [7, 11) is 0. The summed E-state index contributed by atoms with van der Waals surface area (Å²) in [6, 6.07) is 0.0520. The predicted octanol–water partition coefficient (Wildman–Crippen LogP) is 2.78. The van der Waals surface area contributed by atoms with Crippen LogP contribution in [-0.4, -0.2) is 24.7 Å². The summed E-state index contributed by atoms with van der Waals surface area (Å²) in [5.74, 6) is 0. The first-order valence-electron chi connectivity index (χ1n) is 5.95. The van der Waals surface area contributed by atoms with Crippen LogP contribution in [0.2, 0.25) is 0 Å². The van der Waals surface area contributed by atoms with Crippen molar-refractivity contribution in [3.05, 3.63) is 0 Å². The van der Waals surface area contributed by atoms with Crippen LogP contribution >= 0.6 is 0 Å². The first-order valence-corrected chi connectivity index (χ1v) is 5.95. The molecule has 0 fully saturated rings. The summed E-state index contributed by atoms with van der Waals surface area (Å²) in [4.78, 5) is 27.3. The Labute approximate surface area is 96.9 Å². The third kappa shape index (κ3) is 9.32. The van der Waals surface area contributed by atoms with Crippen molar-refractivity contribution in [2.24, 2.45) is 9.98 Å². The molecule has 0 bridgehead atoms. The van der Waals surface area contributed by atoms with Gasteiger partial charge < -0.3 is 0 Å². The summed E-state index contributed by atoms with van der Waals surface area (Å²) in [5, 5.41) is 0. The molecule has 0 aliphatic rings. The Morgan fingerprint density at radius 1 is 1.00 bits per heavy atom. The topological polar surface area (TPSA) is 58.9 Å². The van der Waals surface area contributed by atoms with E-state index in [2.05, 4.69) is 16.9 Å². The minimum atomic E-state index is 0.0520. The maximum atomic E-state index is 10.2. The summed E-state index contributed by atoms with van der Waals surface area (Å²) in [6.07, 6.45) is 10.3. The van der Waals surface area contributed by atoms with Gasteiger partial charge in [-0.3, -0.25) is 0 Å². The van der Waals surface area contributed by atoms with Gasteiger partial charge in [0.2, 0.25) is 12.2 Å². The highest BCUT2D eigenvalue weighted by atomic mass is 16.1. The monoisotopic (exact) mass is 224 g/mol. The van der Waals surface area contributed by atoms with E-state index in [4.69, 9.17) is 0 Å². The number of hydrogen-bond donors (Lipinski definition) is 0. The van der Waals surface area contributed by atoms with E-state index in [0.717, 1.165) is 25.7 Å². The largest absolute Gasteiger partial charge is 0.235 e. The van der Waals surface area contributed by atoms with Gasteiger partial charge in [0.25, 0.3) is 0 Å². The van der Waals surface area contributed by atoms with Crippen LogP contribution in [0.4, 0.5) is 0 Å². The molecular weight excluding hydrogens is 204 g/mol. The second-order valence-corrected chi connectivity index (χ2v) is 3.84. The van der Waals surface area contributed by atoms with E-state index < -0.39 is 0 Å². The Morgan fingerprint density at radius 3 is 2.38 bits per heavy atom. The van der Waals surface area contributed by atoms with Gasteiger partial charge in [-0.1, -0.05) is 32.6 Å². The molecule has 0 aliphatic heterocycles. The molecule has 4 heteroatoms. The zero-order valence-corrected chi connectivity index (χ0v) is 9.95. The molecular formula is C12H20N2O2. The van der Waals surface area contributed by atoms with Crippen LogP contribution in [0.1, 0.15) is 51.9 Å². The molecule has 0 amide bonds. The number of hydrogen-bond acceptors (Lipinski definition) is 4. The Hall–Kier alpha value is -1.24. The molecule has 0 saturated heterocycles. The lowest BCUT2D eigenvalue weighted by atomic mass is 10.0. The van der Waals surface area contributed by atoms with E-state index in [0.29, 0.717) is 6.54 Å². The first kappa shape index (κ1) is 14.8. The molecule has 0 spiro atoms. The number of aliphatic imine (C=N–C) groups is 2. The quantitative estimate of drug-likeness (QED) is 0.325. The van der Waals surface area contributed by atoms with Crippen LogP contribution in [0, 0.1) is 0 Å². The van der Waals surface area contributed by atoms with E-state index in [1.165, 1.54) is 25.3 Å². The third-order valence-corrected chi connectivity index (χ3v) is 2.50. The number of rotatable bonds is 10. The number of unbranched alkanes of at least 4 members (excludes halogenated alkanes) is 3. The maximum Gasteiger partial charge on any atom is 0.235 e. The minimum absolute atomic E-state index is 0.0520. The lowest BCUT2D eigenvalue weighted by Crippen LogP contribution is -2.05. The van der Waals surface area contributed by atoms with Crippen LogP contribution in [0.5, 0.6) is 0 Å². The Morgan fingerprint density at radius 2 is 1.75 bits per heavy atom. The van der Waals surface area contributed by atoms with Gasteiger partial charge in [-0.25, -0.2) is 19.6 Å². The standard InChI is InChI=1S/C12H20N2O2/c1-2-3-4-5-7-12(14-11-16)8-6-9-13-10-15/h12H,2-9H2,1H3. The first-order chi connectivity index (χ1) is 7.85. The van der Waals surface area contributed by atoms with Gasteiger partial charge in [0.05, 0.1) is 12.6 Å². The molecule has 1 unspecified atom stereocenters. The summed E-state index contributed by atoms with van der Waals surface area (Å²) in [6.45, 7) is 2.64. The Bertz CT molecular complexity index is 254. The average Bonchev–Trinajstić information content (AvgIpc) is 2.30. The van der Waals surface area contributed by atoms with Crippen molar-refractivity contribution in [3.8, 4) is 0 Å². The van der Waals surface area contributed by atoms with Crippen molar-refractivity contribution >= 4 is 12.2 Å². The van der Waals surface area contributed by atoms with E-state index in [9.17, 15) is 9.59 Å². The van der Waals surface area contributed by atoms with Gasteiger partial charge in [-0.15, -0.1) is 0 Å². The van der Waals surface area contributed by atoms with Crippen LogP contribution in [0.3, 0.4) is 0 Å². The molecule has 0 aliphatic carbocycles. The van der Waals surface area contributed by atoms with Crippen LogP contribution in [0.15, 0.2) is 9.98 Å². The number of carbonyl (C=O) groups excluding carboxylic acids is 2. The highest BCUT2D eigenvalue weighted by molar-refractivity contribution is 5.33. The molecule has 0 rings (SSSR count). The zero-order valence-electron chi connectivity index (χ0n) is 9.95. The van der Waals surface area contributed by atoms with E-state index >= 15 is 0 Å². The number of isocyanates is 2. The highest BCUT2D eigenvalue weighted by Gasteiger charge is 2.05. The normalized spacial score (nSPS) is 11.3. The molecule has 0 radical (unpaired) electrons. The fraction of sp³-hybridized carbons (Fsp3) is 0.833. The summed E-state index contributed by atoms with van der Waals surface area (Å²) < 4.78 is 0. The van der Waals surface area contributed by atoms with E-state index in [1.807, 2.05) is 0 Å². The fourth-order valence-electron chi connectivity index (χ4n) is 1.61. The maximum absolute atomic E-state index is 10.2. The molecule has 0 aromatic rings. The molecule has 0 aromatic carbocycles. The van der Waals surface area contributed by atoms with Crippen LogP contribution in [0.25, 0.3) is 0 Å². The van der Waals surface area contributed by atoms with Crippen molar-refractivity contribution in [1.82, 2.24) is 0 Å². The lowest BCUT2D eigenvalue weighted by Gasteiger charge is -2.08. The molecule has 0 aromatic heterocycles. The summed E-state index contributed by atoms with van der Waals surface area (Å²) >= 11 is 0. The van der Waals surface area contributed by atoms with E-state index in [-0.39, 0.29) is 6.04 Å². The molecule has 0 saturated carbocycles. The molecule has 16 heavy (non-hydrogen) atoms. The molecule has 0 heterocycles. The Kier molecular flexibility index (Phi) is 10.9. The van der Waals surface area contributed by atoms with Crippen molar-refractivity contribution in [3.63, 3.8) is 0 Å². The smallest absolute Gasteiger partial charge is 0.211 e. The summed E-state index contributed by atoms with van der Waals surface area (Å²) in [5.41, 5.74) is 0. The minimum Gasteiger partial charge on any atom is -0.211 e. The molecule has 90 valence electrons. The highest BCUT2D eigenvalue weighted by Crippen LogP contribution is 2.12. The molecule has 0 N–H and O–H groups in total. The van der Waals surface area contributed by atoms with Gasteiger partial charge in [-0.2, -0.15) is 0 Å². The van der Waals surface area contributed by atoms with Crippen molar-refractivity contribution < 1.29 is 9.59 Å². The van der Waals surface area contributed by atoms with Gasteiger partial charge in [0, 0.05) is 0 Å². The van der Waals surface area contributed by atoms with Gasteiger partial charge in [-0.05, 0) is 19.3 Å². The molecule has 1 atom stereocenters. The van der Waals surface area contributed by atoms with Crippen LogP contribution in [-0.2, 0) is 9.59 Å². The zero-order chi connectivity index (χ0) is 12.1. The van der Waals surface area contributed by atoms with Crippen LogP contribution < -0.4 is 0 Å². The van der Waals surface area contributed by atoms with Crippen molar-refractivity contribution in [2.45, 2.75) is 57.9 Å². The van der Waals surface area contributed by atoms with Gasteiger partial charge in [0.1, 0.15) is 0 Å². The second kappa shape index (κ2) is 11.8. The van der Waals surface area contributed by atoms with Gasteiger partial charge >= 0.3 is 0 Å².